The second-order valence-electron chi connectivity index (χ2n) is 3.14. The van der Waals surface area contributed by atoms with Crippen molar-refractivity contribution in [2.45, 2.75) is 6.92 Å². The van der Waals surface area contributed by atoms with Gasteiger partial charge >= 0.3 is 5.97 Å². The van der Waals surface area contributed by atoms with Gasteiger partial charge in [0.1, 0.15) is 5.82 Å². The number of carboxylic acid groups (broad SMARTS) is 1. The molecule has 0 unspecified atom stereocenters. The van der Waals surface area contributed by atoms with Crippen molar-refractivity contribution >= 4 is 30.4 Å². The first-order valence-corrected chi connectivity index (χ1v) is 4.59. The monoisotopic (exact) mass is 275 g/mol. The molecule has 0 bridgehead atoms. The van der Waals surface area contributed by atoms with Crippen LogP contribution in [0.4, 0.5) is 4.39 Å². The van der Waals surface area contributed by atoms with Crippen LogP contribution in [0.15, 0.2) is 29.8 Å². The predicted octanol–water partition coefficient (Wildman–Crippen LogP) is 1.57. The molecule has 0 aliphatic rings. The summed E-state index contributed by atoms with van der Waals surface area (Å²) in [6.07, 6.45) is 1.49. The van der Waals surface area contributed by atoms with Crippen LogP contribution < -0.4 is 11.5 Å². The molecule has 7 heteroatoms. The lowest BCUT2D eigenvalue weighted by Gasteiger charge is -1.94. The minimum Gasteiger partial charge on any atom is -0.478 e. The van der Waals surface area contributed by atoms with Gasteiger partial charge in [0, 0.05) is 5.57 Å². The van der Waals surface area contributed by atoms with Gasteiger partial charge in [-0.15, -0.1) is 12.4 Å². The fraction of sp³-hybridized carbons (Fsp3) is 0.0909. The molecule has 1 aromatic rings. The summed E-state index contributed by atoms with van der Waals surface area (Å²) in [7, 11) is 0. The molecule has 0 radical (unpaired) electrons. The van der Waals surface area contributed by atoms with E-state index in [0.29, 0.717) is 5.56 Å². The van der Waals surface area contributed by atoms with Gasteiger partial charge in [0.15, 0.2) is 5.96 Å². The van der Waals surface area contributed by atoms with E-state index in [0.717, 1.165) is 0 Å². The van der Waals surface area contributed by atoms with Crippen LogP contribution in [0, 0.1) is 11.2 Å². The minimum atomic E-state index is -0.968. The van der Waals surface area contributed by atoms with Gasteiger partial charge in [-0.05, 0) is 30.7 Å². The number of carboxylic acids is 1. The summed E-state index contributed by atoms with van der Waals surface area (Å²) in [6.45, 7) is 1.49. The highest BCUT2D eigenvalue weighted by molar-refractivity contribution is 5.91. The second-order valence-corrected chi connectivity index (χ2v) is 3.14. The maximum Gasteiger partial charge on any atom is 0.331 e. The number of halogens is 2. The van der Waals surface area contributed by atoms with Crippen LogP contribution in [0.25, 0.3) is 6.08 Å². The molecule has 0 saturated heterocycles. The maximum atomic E-state index is 12.4. The van der Waals surface area contributed by atoms with Crippen molar-refractivity contribution in [3.8, 4) is 0 Å². The number of rotatable bonds is 2. The Morgan fingerprint density at radius 2 is 1.72 bits per heavy atom. The van der Waals surface area contributed by atoms with E-state index in [-0.39, 0.29) is 29.8 Å². The third kappa shape index (κ3) is 9.17. The van der Waals surface area contributed by atoms with E-state index in [1.807, 2.05) is 0 Å². The molecule has 0 aliphatic carbocycles. The fourth-order valence-corrected chi connectivity index (χ4v) is 0.871. The Hall–Kier alpha value is -2.08. The Morgan fingerprint density at radius 3 is 2.06 bits per heavy atom. The quantitative estimate of drug-likeness (QED) is 0.373. The van der Waals surface area contributed by atoms with Crippen LogP contribution in [0.3, 0.4) is 0 Å². The van der Waals surface area contributed by atoms with Crippen molar-refractivity contribution in [3.05, 3.63) is 41.2 Å². The molecule has 0 fully saturated rings. The van der Waals surface area contributed by atoms with Gasteiger partial charge in [-0.2, -0.15) is 0 Å². The van der Waals surface area contributed by atoms with Crippen LogP contribution in [-0.2, 0) is 4.79 Å². The summed E-state index contributed by atoms with van der Waals surface area (Å²) in [5.74, 6) is -1.63. The summed E-state index contributed by atoms with van der Waals surface area (Å²) in [4.78, 5) is 10.4. The molecule has 0 saturated carbocycles. The molecule has 0 atom stereocenters. The Bertz CT molecular complexity index is 428. The summed E-state index contributed by atoms with van der Waals surface area (Å²) in [5.41, 5.74) is 9.85. The van der Waals surface area contributed by atoms with Gasteiger partial charge in [-0.25, -0.2) is 9.18 Å². The van der Waals surface area contributed by atoms with E-state index in [1.54, 1.807) is 0 Å². The molecule has 0 amide bonds. The van der Waals surface area contributed by atoms with E-state index in [2.05, 4.69) is 11.5 Å². The third-order valence-corrected chi connectivity index (χ3v) is 1.59. The van der Waals surface area contributed by atoms with Crippen LogP contribution >= 0.6 is 12.4 Å². The van der Waals surface area contributed by atoms with Gasteiger partial charge in [0.25, 0.3) is 0 Å². The molecule has 1 rings (SSSR count). The first-order valence-electron chi connectivity index (χ1n) is 4.59. The zero-order chi connectivity index (χ0) is 13.4. The number of hydrogen-bond donors (Lipinski definition) is 4. The zero-order valence-electron chi connectivity index (χ0n) is 9.68. The van der Waals surface area contributed by atoms with Gasteiger partial charge in [0.2, 0.25) is 0 Å². The molecule has 0 aromatic heterocycles. The van der Waals surface area contributed by atoms with Crippen molar-refractivity contribution < 1.29 is 14.3 Å². The summed E-state index contributed by atoms with van der Waals surface area (Å²) in [6, 6.07) is 5.64. The molecular formula is C11H15ClFN3O2. The van der Waals surface area contributed by atoms with E-state index in [4.69, 9.17) is 10.5 Å². The second kappa shape index (κ2) is 9.00. The highest BCUT2D eigenvalue weighted by Crippen LogP contribution is 2.07. The Morgan fingerprint density at radius 1 is 1.33 bits per heavy atom. The van der Waals surface area contributed by atoms with Gasteiger partial charge < -0.3 is 16.6 Å². The first-order chi connectivity index (χ1) is 7.82. The average Bonchev–Trinajstić information content (AvgIpc) is 2.20. The van der Waals surface area contributed by atoms with Crippen LogP contribution in [0.5, 0.6) is 0 Å². The fourth-order valence-electron chi connectivity index (χ4n) is 0.871. The maximum absolute atomic E-state index is 12.4. The molecule has 0 heterocycles. The smallest absolute Gasteiger partial charge is 0.331 e. The van der Waals surface area contributed by atoms with E-state index in [9.17, 15) is 9.18 Å². The average molecular weight is 276 g/mol. The molecule has 5 nitrogen and oxygen atoms in total. The molecule has 100 valence electrons. The summed E-state index contributed by atoms with van der Waals surface area (Å²) >= 11 is 0. The molecular weight excluding hydrogens is 261 g/mol. The van der Waals surface area contributed by atoms with Crippen LogP contribution in [0.2, 0.25) is 0 Å². The Balaban J connectivity index is 0. The largest absolute Gasteiger partial charge is 0.478 e. The van der Waals surface area contributed by atoms with Crippen molar-refractivity contribution in [1.82, 2.24) is 0 Å². The van der Waals surface area contributed by atoms with Gasteiger partial charge in [0.05, 0.1) is 0 Å². The Labute approximate surface area is 110 Å². The predicted molar refractivity (Wildman–Crippen MR) is 71.0 cm³/mol. The third-order valence-electron chi connectivity index (χ3n) is 1.59. The lowest BCUT2D eigenvalue weighted by atomic mass is 10.1. The molecule has 0 aliphatic heterocycles. The lowest BCUT2D eigenvalue weighted by molar-refractivity contribution is -0.132. The van der Waals surface area contributed by atoms with Crippen LogP contribution in [-0.4, -0.2) is 17.0 Å². The number of benzene rings is 1. The molecule has 0 spiro atoms. The number of carbonyl (C=O) groups is 1. The highest BCUT2D eigenvalue weighted by Gasteiger charge is 1.99. The van der Waals surface area contributed by atoms with Crippen molar-refractivity contribution in [2.24, 2.45) is 11.5 Å². The Kier molecular flexibility index (Phi) is 9.15. The number of aliphatic carboxylic acids is 1. The van der Waals surface area contributed by atoms with Crippen molar-refractivity contribution in [1.29, 1.82) is 5.41 Å². The van der Waals surface area contributed by atoms with E-state index >= 15 is 0 Å². The molecule has 1 aromatic carbocycles. The highest BCUT2D eigenvalue weighted by atomic mass is 35.5. The number of nitrogens with two attached hydrogens (primary N) is 2. The topological polar surface area (TPSA) is 113 Å². The van der Waals surface area contributed by atoms with Crippen molar-refractivity contribution in [3.63, 3.8) is 0 Å². The van der Waals surface area contributed by atoms with E-state index in [1.165, 1.54) is 37.3 Å². The SMILES string of the molecule is C/C(=C\c1ccc(F)cc1)C(=O)O.Cl.N=C(N)N. The minimum absolute atomic E-state index is 0. The molecule has 6 N–H and O–H groups in total. The molecule has 18 heavy (non-hydrogen) atoms. The van der Waals surface area contributed by atoms with Gasteiger partial charge in [-0.1, -0.05) is 12.1 Å². The summed E-state index contributed by atoms with van der Waals surface area (Å²) in [5, 5.41) is 14.6. The van der Waals surface area contributed by atoms with E-state index < -0.39 is 5.97 Å². The number of hydrogen-bond acceptors (Lipinski definition) is 2. The van der Waals surface area contributed by atoms with Crippen molar-refractivity contribution in [2.75, 3.05) is 0 Å². The lowest BCUT2D eigenvalue weighted by Crippen LogP contribution is -2.20. The first kappa shape index (κ1) is 18.3. The number of nitrogens with one attached hydrogen (secondary N) is 1. The van der Waals surface area contributed by atoms with Gasteiger partial charge in [-0.3, -0.25) is 5.41 Å². The van der Waals surface area contributed by atoms with Crippen LogP contribution in [0.1, 0.15) is 12.5 Å². The standard InChI is InChI=1S/C10H9FO2.CH5N3.ClH/c1-7(10(12)13)6-8-2-4-9(11)5-3-8;2-1(3)4;/h2-6H,1H3,(H,12,13);(H5,2,3,4);1H/b7-6+;;. The zero-order valence-corrected chi connectivity index (χ0v) is 10.5. The number of guanidine groups is 1. The normalized spacial score (nSPS) is 9.56. The summed E-state index contributed by atoms with van der Waals surface area (Å²) < 4.78 is 12.4.